The summed E-state index contributed by atoms with van der Waals surface area (Å²) in [5.74, 6) is -2.23. The molecule has 1 aliphatic rings. The summed E-state index contributed by atoms with van der Waals surface area (Å²) < 4.78 is 40.1. The largest absolute Gasteiger partial charge is 0.513 e. The number of pyridine rings is 2. The summed E-state index contributed by atoms with van der Waals surface area (Å²) >= 11 is 0. The SMILES string of the molecule is C=C(O)C1CCCCC1.CNc1nc(C(=N)c2cc(F)cnc2N)c(F)cc1F. The number of anilines is 2. The van der Waals surface area contributed by atoms with Crippen LogP contribution in [0.2, 0.25) is 0 Å². The fourth-order valence-electron chi connectivity index (χ4n) is 3.03. The van der Waals surface area contributed by atoms with E-state index >= 15 is 0 Å². The topological polar surface area (TPSA) is 108 Å². The van der Waals surface area contributed by atoms with Crippen molar-refractivity contribution in [1.29, 1.82) is 5.41 Å². The summed E-state index contributed by atoms with van der Waals surface area (Å²) in [6, 6.07) is 1.53. The predicted octanol–water partition coefficient (Wildman–Crippen LogP) is 4.57. The first-order valence-electron chi connectivity index (χ1n) is 9.16. The maximum atomic E-state index is 13.7. The van der Waals surface area contributed by atoms with E-state index in [1.54, 1.807) is 0 Å². The lowest BCUT2D eigenvalue weighted by atomic mass is 9.88. The van der Waals surface area contributed by atoms with Gasteiger partial charge in [-0.1, -0.05) is 25.8 Å². The van der Waals surface area contributed by atoms with Crippen molar-refractivity contribution in [1.82, 2.24) is 9.97 Å². The average molecular weight is 407 g/mol. The molecule has 0 spiro atoms. The highest BCUT2D eigenvalue weighted by Gasteiger charge is 2.19. The van der Waals surface area contributed by atoms with Crippen molar-refractivity contribution in [2.75, 3.05) is 18.1 Å². The number of hydrogen-bond donors (Lipinski definition) is 4. The standard InChI is InChI=1S/C12H10F3N5.C8H14O/c1-18-12-8(15)3-7(14)10(20-12)9(16)6-2-5(13)4-19-11(6)17;1-7(9)8-5-3-2-4-6-8/h2-4,16H,1H3,(H2,17,19)(H,18,20);8-9H,1-6H2. The van der Waals surface area contributed by atoms with Crippen LogP contribution in [0, 0.1) is 28.8 Å². The van der Waals surface area contributed by atoms with Crippen LogP contribution >= 0.6 is 0 Å². The molecule has 2 aromatic rings. The molecule has 6 nitrogen and oxygen atoms in total. The van der Waals surface area contributed by atoms with Crippen LogP contribution in [0.5, 0.6) is 0 Å². The van der Waals surface area contributed by atoms with E-state index in [0.29, 0.717) is 17.7 Å². The van der Waals surface area contributed by atoms with Crippen LogP contribution in [0.25, 0.3) is 0 Å². The predicted molar refractivity (Wildman–Crippen MR) is 107 cm³/mol. The molecule has 1 aliphatic carbocycles. The van der Waals surface area contributed by atoms with Crippen LogP contribution in [0.3, 0.4) is 0 Å². The maximum absolute atomic E-state index is 13.7. The first-order valence-corrected chi connectivity index (χ1v) is 9.16. The van der Waals surface area contributed by atoms with Gasteiger partial charge in [-0.15, -0.1) is 0 Å². The Morgan fingerprint density at radius 3 is 2.41 bits per heavy atom. The molecule has 2 aromatic heterocycles. The first-order chi connectivity index (χ1) is 13.7. The molecule has 0 unspecified atom stereocenters. The number of halogens is 3. The highest BCUT2D eigenvalue weighted by atomic mass is 19.1. The first kappa shape index (κ1) is 22.2. The molecule has 0 amide bonds. The monoisotopic (exact) mass is 407 g/mol. The Morgan fingerprint density at radius 2 is 1.86 bits per heavy atom. The Balaban J connectivity index is 0.000000278. The van der Waals surface area contributed by atoms with Gasteiger partial charge in [0.1, 0.15) is 17.3 Å². The van der Waals surface area contributed by atoms with Crippen LogP contribution in [-0.2, 0) is 0 Å². The van der Waals surface area contributed by atoms with Crippen molar-refractivity contribution in [2.45, 2.75) is 32.1 Å². The fraction of sp³-hybridized carbons (Fsp3) is 0.350. The van der Waals surface area contributed by atoms with Gasteiger partial charge in [0.15, 0.2) is 17.5 Å². The van der Waals surface area contributed by atoms with Gasteiger partial charge in [-0.25, -0.2) is 23.1 Å². The number of aliphatic hydroxyl groups excluding tert-OH is 1. The van der Waals surface area contributed by atoms with E-state index in [0.717, 1.165) is 25.1 Å². The molecule has 0 saturated heterocycles. The third-order valence-electron chi connectivity index (χ3n) is 4.63. The number of rotatable bonds is 4. The van der Waals surface area contributed by atoms with Crippen molar-refractivity contribution < 1.29 is 18.3 Å². The van der Waals surface area contributed by atoms with E-state index in [4.69, 9.17) is 16.2 Å². The minimum atomic E-state index is -1.05. The summed E-state index contributed by atoms with van der Waals surface area (Å²) in [6.07, 6.45) is 7.04. The lowest BCUT2D eigenvalue weighted by molar-refractivity contribution is 0.278. The number of hydrogen-bond acceptors (Lipinski definition) is 6. The number of allylic oxidation sites excluding steroid dienone is 1. The van der Waals surface area contributed by atoms with Crippen LogP contribution in [0.15, 0.2) is 30.7 Å². The lowest BCUT2D eigenvalue weighted by Crippen LogP contribution is -2.13. The van der Waals surface area contributed by atoms with E-state index in [1.165, 1.54) is 26.3 Å². The third-order valence-corrected chi connectivity index (χ3v) is 4.63. The van der Waals surface area contributed by atoms with Crippen LogP contribution in [-0.4, -0.2) is 27.8 Å². The lowest BCUT2D eigenvalue weighted by Gasteiger charge is -2.19. The number of nitrogen functional groups attached to an aromatic ring is 1. The molecule has 3 rings (SSSR count). The highest BCUT2D eigenvalue weighted by Crippen LogP contribution is 2.27. The van der Waals surface area contributed by atoms with Gasteiger partial charge in [0, 0.05) is 24.6 Å². The molecular weight excluding hydrogens is 383 g/mol. The zero-order valence-electron chi connectivity index (χ0n) is 16.1. The molecule has 156 valence electrons. The van der Waals surface area contributed by atoms with E-state index in [2.05, 4.69) is 21.9 Å². The Labute approximate surface area is 167 Å². The molecular formula is C20H24F3N5O. The Kier molecular flexibility index (Phi) is 7.58. The average Bonchev–Trinajstić information content (AvgIpc) is 2.70. The van der Waals surface area contributed by atoms with Gasteiger partial charge in [0.05, 0.1) is 17.7 Å². The second-order valence-electron chi connectivity index (χ2n) is 6.69. The molecule has 0 radical (unpaired) electrons. The molecule has 2 heterocycles. The van der Waals surface area contributed by atoms with Gasteiger partial charge < -0.3 is 16.2 Å². The molecule has 0 atom stereocenters. The molecule has 29 heavy (non-hydrogen) atoms. The Hall–Kier alpha value is -3.10. The van der Waals surface area contributed by atoms with E-state index < -0.39 is 28.9 Å². The van der Waals surface area contributed by atoms with Gasteiger partial charge >= 0.3 is 0 Å². The van der Waals surface area contributed by atoms with Gasteiger partial charge in [-0.2, -0.15) is 0 Å². The van der Waals surface area contributed by atoms with Gasteiger partial charge in [-0.05, 0) is 18.9 Å². The van der Waals surface area contributed by atoms with E-state index in [-0.39, 0.29) is 17.2 Å². The second kappa shape index (κ2) is 9.90. The number of aromatic nitrogens is 2. The summed E-state index contributed by atoms with van der Waals surface area (Å²) in [7, 11) is 1.40. The second-order valence-corrected chi connectivity index (χ2v) is 6.69. The van der Waals surface area contributed by atoms with Crippen molar-refractivity contribution in [3.05, 3.63) is 59.4 Å². The van der Waals surface area contributed by atoms with Crippen LogP contribution in [0.1, 0.15) is 43.4 Å². The molecule has 0 bridgehead atoms. The van der Waals surface area contributed by atoms with Crippen LogP contribution < -0.4 is 11.1 Å². The Morgan fingerprint density at radius 1 is 1.21 bits per heavy atom. The summed E-state index contributed by atoms with van der Waals surface area (Å²) in [4.78, 5) is 7.18. The molecule has 0 aliphatic heterocycles. The molecule has 5 N–H and O–H groups in total. The zero-order valence-corrected chi connectivity index (χ0v) is 16.1. The molecule has 0 aromatic carbocycles. The number of nitrogens with two attached hydrogens (primary N) is 1. The highest BCUT2D eigenvalue weighted by molar-refractivity contribution is 6.12. The van der Waals surface area contributed by atoms with Gasteiger partial charge in [-0.3, -0.25) is 5.41 Å². The van der Waals surface area contributed by atoms with Gasteiger partial charge in [0.25, 0.3) is 0 Å². The number of nitrogens with zero attached hydrogens (tertiary/aromatic N) is 2. The normalized spacial score (nSPS) is 13.9. The van der Waals surface area contributed by atoms with Crippen molar-refractivity contribution in [3.63, 3.8) is 0 Å². The van der Waals surface area contributed by atoms with E-state index in [1.807, 2.05) is 0 Å². The Bertz CT molecular complexity index is 898. The van der Waals surface area contributed by atoms with E-state index in [9.17, 15) is 13.2 Å². The third kappa shape index (κ3) is 5.69. The minimum absolute atomic E-state index is 0.120. The number of aliphatic hydroxyl groups is 1. The smallest absolute Gasteiger partial charge is 0.168 e. The quantitative estimate of drug-likeness (QED) is 0.439. The van der Waals surface area contributed by atoms with Crippen molar-refractivity contribution in [2.24, 2.45) is 5.92 Å². The van der Waals surface area contributed by atoms with Crippen molar-refractivity contribution in [3.8, 4) is 0 Å². The fourth-order valence-corrected chi connectivity index (χ4v) is 3.03. The number of nitrogens with one attached hydrogen (secondary N) is 2. The summed E-state index contributed by atoms with van der Waals surface area (Å²) in [6.45, 7) is 3.53. The summed E-state index contributed by atoms with van der Waals surface area (Å²) in [5.41, 5.74) is 4.47. The zero-order chi connectivity index (χ0) is 21.6. The van der Waals surface area contributed by atoms with Crippen LogP contribution in [0.4, 0.5) is 24.8 Å². The maximum Gasteiger partial charge on any atom is 0.168 e. The summed E-state index contributed by atoms with van der Waals surface area (Å²) in [5, 5.41) is 19.3. The van der Waals surface area contributed by atoms with Crippen molar-refractivity contribution >= 4 is 17.3 Å². The molecule has 9 heteroatoms. The molecule has 1 saturated carbocycles. The molecule has 1 fully saturated rings. The van der Waals surface area contributed by atoms with Gasteiger partial charge in [0.2, 0.25) is 0 Å². The minimum Gasteiger partial charge on any atom is -0.513 e.